The van der Waals surface area contributed by atoms with Crippen molar-refractivity contribution in [2.45, 2.75) is 9.85 Å². The Morgan fingerprint density at radius 3 is 2.17 bits per heavy atom. The lowest BCUT2D eigenvalue weighted by molar-refractivity contribution is 0.388. The third kappa shape index (κ3) is 3.15. The maximum Gasteiger partial charge on any atom is 0.179 e. The minimum atomic E-state index is -3.37. The van der Waals surface area contributed by atoms with Crippen molar-refractivity contribution in [3.63, 3.8) is 0 Å². The van der Waals surface area contributed by atoms with Gasteiger partial charge in [0.2, 0.25) is 0 Å². The molecule has 0 heterocycles. The van der Waals surface area contributed by atoms with Crippen molar-refractivity contribution in [1.82, 2.24) is 5.32 Å². The number of hydrogen-bond donors (Lipinski definition) is 1. The molecule has 1 atom stereocenters. The van der Waals surface area contributed by atoms with Gasteiger partial charge in [-0.15, -0.1) is 0 Å². The third-order valence-electron chi connectivity index (χ3n) is 2.44. The quantitative estimate of drug-likeness (QED) is 0.654. The molecule has 1 aromatic rings. The molecule has 0 saturated carbocycles. The molecule has 0 aliphatic carbocycles. The van der Waals surface area contributed by atoms with Gasteiger partial charge in [0, 0.05) is 17.9 Å². The van der Waals surface area contributed by atoms with E-state index in [1.165, 1.54) is 20.3 Å². The average molecular weight is 338 g/mol. The van der Waals surface area contributed by atoms with Gasteiger partial charge in [-0.3, -0.25) is 0 Å². The summed E-state index contributed by atoms with van der Waals surface area (Å²) < 4.78 is 33.7. The van der Waals surface area contributed by atoms with Gasteiger partial charge in [0.05, 0.1) is 19.2 Å². The Morgan fingerprint density at radius 2 is 1.78 bits per heavy atom. The molecule has 102 valence electrons. The van der Waals surface area contributed by atoms with Crippen molar-refractivity contribution in [3.05, 3.63) is 17.7 Å². The molecule has 0 spiro atoms. The van der Waals surface area contributed by atoms with Crippen molar-refractivity contribution in [2.24, 2.45) is 0 Å². The smallest absolute Gasteiger partial charge is 0.179 e. The highest BCUT2D eigenvalue weighted by atomic mass is 79.9. The van der Waals surface area contributed by atoms with Crippen LogP contribution in [-0.4, -0.2) is 35.9 Å². The first-order valence-corrected chi connectivity index (χ1v) is 7.93. The van der Waals surface area contributed by atoms with Crippen molar-refractivity contribution < 1.29 is 17.9 Å². The molecule has 0 aromatic heterocycles. The second kappa shape index (κ2) is 5.90. The monoisotopic (exact) mass is 337 g/mol. The van der Waals surface area contributed by atoms with Gasteiger partial charge in [0.15, 0.2) is 9.84 Å². The summed E-state index contributed by atoms with van der Waals surface area (Å²) in [5.74, 6) is 0.778. The summed E-state index contributed by atoms with van der Waals surface area (Å²) >= 11 is 3.42. The lowest BCUT2D eigenvalue weighted by atomic mass is 10.2. The number of methoxy groups -OCH3 is 2. The average Bonchev–Trinajstić information content (AvgIpc) is 2.34. The summed E-state index contributed by atoms with van der Waals surface area (Å²) in [6.45, 7) is 0. The molecule has 1 rings (SSSR count). The molecule has 0 aliphatic rings. The van der Waals surface area contributed by atoms with E-state index in [0.29, 0.717) is 11.5 Å². The Hall–Kier alpha value is -0.790. The third-order valence-corrected chi connectivity index (χ3v) is 4.51. The Labute approximate surface area is 116 Å². The van der Waals surface area contributed by atoms with Crippen molar-refractivity contribution >= 4 is 25.8 Å². The lowest BCUT2D eigenvalue weighted by Crippen LogP contribution is -2.12. The van der Waals surface area contributed by atoms with Crippen LogP contribution in [-0.2, 0) is 9.84 Å². The van der Waals surface area contributed by atoms with E-state index in [2.05, 4.69) is 21.2 Å². The Morgan fingerprint density at radius 1 is 1.22 bits per heavy atom. The second-order valence-electron chi connectivity index (χ2n) is 3.67. The van der Waals surface area contributed by atoms with E-state index >= 15 is 0 Å². The number of rotatable bonds is 5. The minimum absolute atomic E-state index is 0.112. The topological polar surface area (TPSA) is 64.6 Å². The van der Waals surface area contributed by atoms with E-state index in [1.54, 1.807) is 13.1 Å². The molecule has 0 radical (unpaired) electrons. The van der Waals surface area contributed by atoms with Gasteiger partial charge in [-0.2, -0.15) is 0 Å². The Bertz CT molecular complexity index is 530. The summed E-state index contributed by atoms with van der Waals surface area (Å²) in [6, 6.07) is 3.11. The van der Waals surface area contributed by atoms with Crippen LogP contribution in [0.15, 0.2) is 17.0 Å². The molecule has 18 heavy (non-hydrogen) atoms. The molecule has 1 N–H and O–H groups in total. The van der Waals surface area contributed by atoms with E-state index in [9.17, 15) is 8.42 Å². The molecule has 0 amide bonds. The predicted molar refractivity (Wildman–Crippen MR) is 73.4 cm³/mol. The van der Waals surface area contributed by atoms with Gasteiger partial charge in [-0.05, 0) is 13.1 Å². The standard InChI is InChI=1S/C11H16BrNO4S/c1-13-11(12)7-5-9(17-3)10(18(4,14)15)6-8(7)16-2/h5-6,11,13H,1-4H3. The second-order valence-corrected chi connectivity index (χ2v) is 6.57. The van der Waals surface area contributed by atoms with Crippen LogP contribution < -0.4 is 14.8 Å². The van der Waals surface area contributed by atoms with Crippen LogP contribution in [0.3, 0.4) is 0 Å². The van der Waals surface area contributed by atoms with Gasteiger partial charge in [0.25, 0.3) is 0 Å². The zero-order valence-electron chi connectivity index (χ0n) is 10.7. The molecule has 0 fully saturated rings. The molecular weight excluding hydrogens is 322 g/mol. The van der Waals surface area contributed by atoms with Crippen LogP contribution in [0.5, 0.6) is 11.5 Å². The number of nitrogens with one attached hydrogen (secondary N) is 1. The molecule has 7 heteroatoms. The molecule has 0 bridgehead atoms. The highest BCUT2D eigenvalue weighted by Crippen LogP contribution is 2.36. The minimum Gasteiger partial charge on any atom is -0.496 e. The normalized spacial score (nSPS) is 13.2. The maximum absolute atomic E-state index is 11.7. The first kappa shape index (κ1) is 15.3. The van der Waals surface area contributed by atoms with Crippen LogP contribution >= 0.6 is 15.9 Å². The number of benzene rings is 1. The summed E-state index contributed by atoms with van der Waals surface area (Å²) in [4.78, 5) is -0.0450. The van der Waals surface area contributed by atoms with Crippen molar-refractivity contribution in [2.75, 3.05) is 27.5 Å². The summed E-state index contributed by atoms with van der Waals surface area (Å²) in [6.07, 6.45) is 1.13. The molecule has 5 nitrogen and oxygen atoms in total. The SMILES string of the molecule is CNC(Br)c1cc(OC)c(S(C)(=O)=O)cc1OC. The number of alkyl halides is 1. The number of hydrogen-bond acceptors (Lipinski definition) is 5. The first-order chi connectivity index (χ1) is 8.35. The predicted octanol–water partition coefficient (Wildman–Crippen LogP) is 1.72. The fourth-order valence-electron chi connectivity index (χ4n) is 1.54. The number of ether oxygens (including phenoxy) is 2. The van der Waals surface area contributed by atoms with Gasteiger partial charge in [-0.1, -0.05) is 15.9 Å². The van der Waals surface area contributed by atoms with Crippen LogP contribution in [0.25, 0.3) is 0 Å². The highest BCUT2D eigenvalue weighted by molar-refractivity contribution is 9.09. The number of sulfone groups is 1. The van der Waals surface area contributed by atoms with E-state index in [1.807, 2.05) is 0 Å². The van der Waals surface area contributed by atoms with E-state index < -0.39 is 9.84 Å². The summed E-state index contributed by atoms with van der Waals surface area (Å²) in [5.41, 5.74) is 0.768. The molecule has 1 aromatic carbocycles. The fourth-order valence-corrected chi connectivity index (χ4v) is 2.72. The van der Waals surface area contributed by atoms with Crippen LogP contribution in [0.1, 0.15) is 10.5 Å². The lowest BCUT2D eigenvalue weighted by Gasteiger charge is -2.17. The molecule has 1 unspecified atom stereocenters. The number of halogens is 1. The zero-order chi connectivity index (χ0) is 13.9. The maximum atomic E-state index is 11.7. The van der Waals surface area contributed by atoms with Gasteiger partial charge < -0.3 is 14.8 Å². The summed E-state index contributed by atoms with van der Waals surface area (Å²) in [5, 5.41) is 3.00. The fraction of sp³-hybridized carbons (Fsp3) is 0.455. The van der Waals surface area contributed by atoms with Gasteiger partial charge in [-0.25, -0.2) is 8.42 Å². The van der Waals surface area contributed by atoms with Gasteiger partial charge >= 0.3 is 0 Å². The van der Waals surface area contributed by atoms with Gasteiger partial charge in [0.1, 0.15) is 16.4 Å². The van der Waals surface area contributed by atoms with Crippen molar-refractivity contribution in [1.29, 1.82) is 0 Å². The Balaban J connectivity index is 3.52. The van der Waals surface area contributed by atoms with E-state index in [4.69, 9.17) is 9.47 Å². The van der Waals surface area contributed by atoms with E-state index in [-0.39, 0.29) is 9.85 Å². The first-order valence-electron chi connectivity index (χ1n) is 5.12. The molecule has 0 saturated heterocycles. The highest BCUT2D eigenvalue weighted by Gasteiger charge is 2.21. The molecular formula is C11H16BrNO4S. The van der Waals surface area contributed by atoms with E-state index in [0.717, 1.165) is 11.8 Å². The van der Waals surface area contributed by atoms with Crippen molar-refractivity contribution in [3.8, 4) is 11.5 Å². The zero-order valence-corrected chi connectivity index (χ0v) is 13.1. The summed E-state index contributed by atoms with van der Waals surface area (Å²) in [7, 11) is 1.33. The van der Waals surface area contributed by atoms with Crippen LogP contribution in [0.2, 0.25) is 0 Å². The van der Waals surface area contributed by atoms with Crippen LogP contribution in [0, 0.1) is 0 Å². The van der Waals surface area contributed by atoms with Crippen LogP contribution in [0.4, 0.5) is 0 Å². The largest absolute Gasteiger partial charge is 0.496 e. The molecule has 0 aliphatic heterocycles. The Kier molecular flexibility index (Phi) is 5.01.